The first-order valence-corrected chi connectivity index (χ1v) is 12.1. The molecule has 5 rings (SSSR count). The fraction of sp³-hybridized carbons (Fsp3) is 0.111. The van der Waals surface area contributed by atoms with Gasteiger partial charge in [-0.1, -0.05) is 48.5 Å². The molecule has 10 heteroatoms. The molecule has 4 aromatic rings. The van der Waals surface area contributed by atoms with Crippen molar-refractivity contribution in [3.8, 4) is 23.0 Å². The number of nitrogens with zero attached hydrogens (tertiary/aromatic N) is 3. The number of hydrogen-bond donors (Lipinski definition) is 1. The summed E-state index contributed by atoms with van der Waals surface area (Å²) in [7, 11) is 0. The van der Waals surface area contributed by atoms with Crippen LogP contribution in [0, 0.1) is 17.2 Å². The van der Waals surface area contributed by atoms with Crippen LogP contribution in [0.25, 0.3) is 16.9 Å². The van der Waals surface area contributed by atoms with Gasteiger partial charge in [0.1, 0.15) is 5.69 Å². The lowest BCUT2D eigenvalue weighted by Gasteiger charge is -2.18. The first-order chi connectivity index (χ1) is 17.8. The molecule has 0 aliphatic carbocycles. The minimum absolute atomic E-state index is 0.0379. The number of rotatable bonds is 5. The molecule has 0 spiro atoms. The van der Waals surface area contributed by atoms with E-state index in [0.717, 1.165) is 29.3 Å². The highest BCUT2D eigenvalue weighted by Gasteiger charge is 2.36. The molecular weight excluding hydrogens is 501 g/mol. The van der Waals surface area contributed by atoms with Crippen molar-refractivity contribution in [2.24, 2.45) is 5.92 Å². The summed E-state index contributed by atoms with van der Waals surface area (Å²) in [5.74, 6) is -3.10. The van der Waals surface area contributed by atoms with Gasteiger partial charge in [-0.05, 0) is 35.9 Å². The van der Waals surface area contributed by atoms with Crippen molar-refractivity contribution in [3.05, 3.63) is 95.7 Å². The number of para-hydroxylation sites is 1. The zero-order valence-electron chi connectivity index (χ0n) is 19.0. The van der Waals surface area contributed by atoms with Crippen LogP contribution in [0.3, 0.4) is 0 Å². The van der Waals surface area contributed by atoms with Gasteiger partial charge in [0.15, 0.2) is 5.92 Å². The van der Waals surface area contributed by atoms with Crippen LogP contribution in [0.1, 0.15) is 21.6 Å². The number of fused-ring (bicyclic) bond motifs is 3. The van der Waals surface area contributed by atoms with Gasteiger partial charge in [-0.2, -0.15) is 23.5 Å². The molecule has 1 aromatic heterocycles. The molecule has 2 heterocycles. The fourth-order valence-electron chi connectivity index (χ4n) is 4.08. The van der Waals surface area contributed by atoms with Crippen molar-refractivity contribution in [3.63, 3.8) is 0 Å². The first kappa shape index (κ1) is 24.3. The molecule has 0 radical (unpaired) electrons. The zero-order chi connectivity index (χ0) is 26.2. The average molecular weight is 519 g/mol. The summed E-state index contributed by atoms with van der Waals surface area (Å²) in [5, 5.41) is 16.5. The molecule has 0 fully saturated rings. The summed E-state index contributed by atoms with van der Waals surface area (Å²) in [4.78, 5) is 26.9. The van der Waals surface area contributed by atoms with Crippen LogP contribution in [-0.2, 0) is 16.7 Å². The third-order valence-electron chi connectivity index (χ3n) is 5.83. The molecule has 1 amide bonds. The number of thioether (sulfide) groups is 1. The molecule has 1 unspecified atom stereocenters. The number of alkyl halides is 3. The number of Topliss-reactive ketones (excluding diaryl/α,β-unsaturated/α-hetero) is 1. The second kappa shape index (κ2) is 9.59. The predicted molar refractivity (Wildman–Crippen MR) is 132 cm³/mol. The molecule has 0 bridgehead atoms. The molecule has 37 heavy (non-hydrogen) atoms. The van der Waals surface area contributed by atoms with Crippen LogP contribution in [0.4, 0.5) is 18.9 Å². The Hall–Kier alpha value is -4.36. The topological polar surface area (TPSA) is 87.8 Å². The lowest BCUT2D eigenvalue weighted by atomic mass is 9.99. The highest BCUT2D eigenvalue weighted by Crippen LogP contribution is 2.44. The molecule has 1 aliphatic heterocycles. The maximum Gasteiger partial charge on any atom is 0.416 e. The van der Waals surface area contributed by atoms with Crippen LogP contribution in [-0.4, -0.2) is 21.5 Å². The third-order valence-corrected chi connectivity index (χ3v) is 6.96. The molecule has 1 N–H and O–H groups in total. The maximum absolute atomic E-state index is 13.5. The minimum Gasteiger partial charge on any atom is -0.325 e. The van der Waals surface area contributed by atoms with E-state index in [1.165, 1.54) is 17.8 Å². The lowest BCUT2D eigenvalue weighted by molar-refractivity contribution is -0.137. The Balaban J connectivity index is 1.53. The van der Waals surface area contributed by atoms with E-state index in [2.05, 4.69) is 10.4 Å². The minimum atomic E-state index is -4.61. The molecule has 3 aromatic carbocycles. The standard InChI is InChI=1S/C27H17F3N4O2S/c28-27(29,30)17-8-6-9-18(13-17)32-26(36)21(14-31)24(35)22-25-23(20-12-5-4-7-16(20)15-37-25)34(33-22)19-10-2-1-3-11-19/h1-13,21H,15H2,(H,32,36). The van der Waals surface area contributed by atoms with Crippen LogP contribution in [0.2, 0.25) is 0 Å². The van der Waals surface area contributed by atoms with Crippen LogP contribution in [0.15, 0.2) is 83.8 Å². The molecule has 0 saturated carbocycles. The van der Waals surface area contributed by atoms with Crippen molar-refractivity contribution in [2.75, 3.05) is 5.32 Å². The molecule has 184 valence electrons. The van der Waals surface area contributed by atoms with Crippen molar-refractivity contribution in [1.29, 1.82) is 5.26 Å². The maximum atomic E-state index is 13.5. The van der Waals surface area contributed by atoms with E-state index in [1.54, 1.807) is 10.8 Å². The van der Waals surface area contributed by atoms with Gasteiger partial charge < -0.3 is 5.32 Å². The summed E-state index contributed by atoms with van der Waals surface area (Å²) in [5.41, 5.74) is 2.13. The smallest absolute Gasteiger partial charge is 0.325 e. The number of hydrogen-bond acceptors (Lipinski definition) is 5. The molecular formula is C27H17F3N4O2S. The summed E-state index contributed by atoms with van der Waals surface area (Å²) >= 11 is 1.38. The number of carbonyl (C=O) groups is 2. The molecule has 0 saturated heterocycles. The van der Waals surface area contributed by atoms with Crippen molar-refractivity contribution >= 4 is 29.1 Å². The highest BCUT2D eigenvalue weighted by atomic mass is 32.2. The fourth-order valence-corrected chi connectivity index (χ4v) is 5.24. The Kier molecular flexibility index (Phi) is 6.31. The SMILES string of the molecule is N#CC(C(=O)Nc1cccc(C(F)(F)F)c1)C(=O)c1nn(-c2ccccc2)c2c1SCc1ccccc1-2. The van der Waals surface area contributed by atoms with E-state index >= 15 is 0 Å². The number of carbonyl (C=O) groups excluding carboxylic acids is 2. The van der Waals surface area contributed by atoms with Gasteiger partial charge in [-0.3, -0.25) is 9.59 Å². The summed E-state index contributed by atoms with van der Waals surface area (Å²) in [6.07, 6.45) is -4.61. The zero-order valence-corrected chi connectivity index (χ0v) is 19.8. The van der Waals surface area contributed by atoms with Gasteiger partial charge in [-0.15, -0.1) is 11.8 Å². The number of ketones is 1. The van der Waals surface area contributed by atoms with E-state index in [4.69, 9.17) is 0 Å². The third kappa shape index (κ3) is 4.61. The Labute approximate surface area is 213 Å². The van der Waals surface area contributed by atoms with E-state index in [1.807, 2.05) is 54.6 Å². The van der Waals surface area contributed by atoms with Gasteiger partial charge in [0.05, 0.1) is 27.9 Å². The number of benzene rings is 3. The number of nitrogens with one attached hydrogen (secondary N) is 1. The van der Waals surface area contributed by atoms with E-state index < -0.39 is 29.3 Å². The van der Waals surface area contributed by atoms with Crippen LogP contribution in [0.5, 0.6) is 0 Å². The lowest BCUT2D eigenvalue weighted by Crippen LogP contribution is -2.29. The number of amides is 1. The number of anilines is 1. The normalized spacial score (nSPS) is 13.1. The second-order valence-electron chi connectivity index (χ2n) is 8.21. The van der Waals surface area contributed by atoms with E-state index in [9.17, 15) is 28.0 Å². The quantitative estimate of drug-likeness (QED) is 0.254. The van der Waals surface area contributed by atoms with Gasteiger partial charge in [0.2, 0.25) is 11.7 Å². The van der Waals surface area contributed by atoms with Crippen molar-refractivity contribution in [1.82, 2.24) is 9.78 Å². The Morgan fingerprint density at radius 1 is 1.03 bits per heavy atom. The van der Waals surface area contributed by atoms with E-state index in [-0.39, 0.29) is 11.4 Å². The number of halogens is 3. The summed E-state index contributed by atoms with van der Waals surface area (Å²) < 4.78 is 40.8. The first-order valence-electron chi connectivity index (χ1n) is 11.1. The summed E-state index contributed by atoms with van der Waals surface area (Å²) in [6, 6.07) is 22.5. The van der Waals surface area contributed by atoms with Crippen LogP contribution < -0.4 is 5.32 Å². The molecule has 1 atom stereocenters. The monoisotopic (exact) mass is 518 g/mol. The molecule has 1 aliphatic rings. The van der Waals surface area contributed by atoms with Gasteiger partial charge >= 0.3 is 6.18 Å². The Bertz CT molecular complexity index is 1560. The Morgan fingerprint density at radius 2 is 1.76 bits per heavy atom. The summed E-state index contributed by atoms with van der Waals surface area (Å²) in [6.45, 7) is 0. The second-order valence-corrected chi connectivity index (χ2v) is 9.20. The largest absolute Gasteiger partial charge is 0.416 e. The predicted octanol–water partition coefficient (Wildman–Crippen LogP) is 6.12. The Morgan fingerprint density at radius 3 is 2.49 bits per heavy atom. The number of nitriles is 1. The highest BCUT2D eigenvalue weighted by molar-refractivity contribution is 7.98. The average Bonchev–Trinajstić information content (AvgIpc) is 3.29. The van der Waals surface area contributed by atoms with E-state index in [0.29, 0.717) is 22.0 Å². The van der Waals surface area contributed by atoms with Crippen molar-refractivity contribution in [2.45, 2.75) is 16.8 Å². The van der Waals surface area contributed by atoms with Gasteiger partial charge in [0, 0.05) is 17.0 Å². The van der Waals surface area contributed by atoms with Gasteiger partial charge in [0.25, 0.3) is 0 Å². The van der Waals surface area contributed by atoms with Crippen LogP contribution >= 0.6 is 11.8 Å². The molecule has 6 nitrogen and oxygen atoms in total. The number of aromatic nitrogens is 2. The van der Waals surface area contributed by atoms with Gasteiger partial charge in [-0.25, -0.2) is 4.68 Å². The van der Waals surface area contributed by atoms with Crippen molar-refractivity contribution < 1.29 is 22.8 Å².